The van der Waals surface area contributed by atoms with E-state index in [0.717, 1.165) is 0 Å². The summed E-state index contributed by atoms with van der Waals surface area (Å²) in [6, 6.07) is 5.88. The summed E-state index contributed by atoms with van der Waals surface area (Å²) in [7, 11) is -3.95. The van der Waals surface area contributed by atoms with Crippen LogP contribution in [0.25, 0.3) is 0 Å². The largest absolute Gasteiger partial charge is 0.464 e. The van der Waals surface area contributed by atoms with Crippen LogP contribution in [0.5, 0.6) is 0 Å². The Morgan fingerprint density at radius 2 is 1.95 bits per heavy atom. The average molecular weight is 297 g/mol. The molecular weight excluding hydrogens is 282 g/mol. The standard InChI is InChI=1S/C13H15NO5S/c1-9(2)8-19-12(15)7-14-13(16)10-5-3-4-6-11(10)20(14,17)18/h3-6,9H,7-8H2,1-2H3. The fourth-order valence-electron chi connectivity index (χ4n) is 1.81. The third-order valence-electron chi connectivity index (χ3n) is 2.76. The minimum absolute atomic E-state index is 0.0679. The second-order valence-corrected chi connectivity index (χ2v) is 6.72. The van der Waals surface area contributed by atoms with Gasteiger partial charge in [-0.2, -0.15) is 0 Å². The molecule has 1 heterocycles. The van der Waals surface area contributed by atoms with Crippen molar-refractivity contribution in [2.45, 2.75) is 18.7 Å². The normalized spacial score (nSPS) is 16.4. The summed E-state index contributed by atoms with van der Waals surface area (Å²) in [6.45, 7) is 3.32. The number of ether oxygens (including phenoxy) is 1. The molecule has 1 aromatic rings. The SMILES string of the molecule is CC(C)COC(=O)CN1C(=O)c2ccccc2S1(=O)=O. The maximum Gasteiger partial charge on any atom is 0.326 e. The van der Waals surface area contributed by atoms with Crippen LogP contribution in [0.2, 0.25) is 0 Å². The van der Waals surface area contributed by atoms with Crippen molar-refractivity contribution in [3.05, 3.63) is 29.8 Å². The highest BCUT2D eigenvalue weighted by atomic mass is 32.2. The maximum absolute atomic E-state index is 12.2. The number of hydrogen-bond donors (Lipinski definition) is 0. The van der Waals surface area contributed by atoms with Crippen LogP contribution in [-0.4, -0.2) is 37.8 Å². The number of carbonyl (C=O) groups excluding carboxylic acids is 2. The lowest BCUT2D eigenvalue weighted by Gasteiger charge is -2.14. The van der Waals surface area contributed by atoms with Crippen molar-refractivity contribution < 1.29 is 22.7 Å². The molecule has 2 rings (SSSR count). The van der Waals surface area contributed by atoms with Gasteiger partial charge in [-0.25, -0.2) is 12.7 Å². The minimum atomic E-state index is -3.95. The van der Waals surface area contributed by atoms with Gasteiger partial charge in [0, 0.05) is 0 Å². The van der Waals surface area contributed by atoms with Gasteiger partial charge in [-0.1, -0.05) is 26.0 Å². The average Bonchev–Trinajstić information content (AvgIpc) is 2.58. The number of sulfonamides is 1. The molecule has 1 amide bonds. The van der Waals surface area contributed by atoms with E-state index in [9.17, 15) is 18.0 Å². The summed E-state index contributed by atoms with van der Waals surface area (Å²) in [5.41, 5.74) is 0.0872. The summed E-state index contributed by atoms with van der Waals surface area (Å²) in [5.74, 6) is -1.28. The molecule has 108 valence electrons. The van der Waals surface area contributed by atoms with Crippen LogP contribution in [0.3, 0.4) is 0 Å². The van der Waals surface area contributed by atoms with Crippen molar-refractivity contribution in [3.8, 4) is 0 Å². The van der Waals surface area contributed by atoms with Gasteiger partial charge in [-0.05, 0) is 18.1 Å². The highest BCUT2D eigenvalue weighted by Gasteiger charge is 2.42. The van der Waals surface area contributed by atoms with Gasteiger partial charge in [0.05, 0.1) is 12.2 Å². The van der Waals surface area contributed by atoms with Crippen molar-refractivity contribution in [1.82, 2.24) is 4.31 Å². The number of fused-ring (bicyclic) bond motifs is 1. The van der Waals surface area contributed by atoms with Crippen LogP contribution >= 0.6 is 0 Å². The summed E-state index contributed by atoms with van der Waals surface area (Å²) >= 11 is 0. The van der Waals surface area contributed by atoms with Crippen LogP contribution in [0.15, 0.2) is 29.2 Å². The van der Waals surface area contributed by atoms with E-state index in [1.165, 1.54) is 18.2 Å². The van der Waals surface area contributed by atoms with Gasteiger partial charge in [-0.3, -0.25) is 9.59 Å². The zero-order valence-electron chi connectivity index (χ0n) is 11.2. The van der Waals surface area contributed by atoms with Gasteiger partial charge < -0.3 is 4.74 Å². The summed E-state index contributed by atoms with van der Waals surface area (Å²) < 4.78 is 29.8. The Morgan fingerprint density at radius 1 is 1.30 bits per heavy atom. The first-order valence-corrected chi connectivity index (χ1v) is 7.59. The highest BCUT2D eigenvalue weighted by Crippen LogP contribution is 2.29. The number of benzene rings is 1. The third-order valence-corrected chi connectivity index (χ3v) is 4.55. The van der Waals surface area contributed by atoms with E-state index in [-0.39, 0.29) is 23.0 Å². The molecule has 0 aliphatic carbocycles. The van der Waals surface area contributed by atoms with Crippen LogP contribution in [-0.2, 0) is 19.6 Å². The molecule has 0 bridgehead atoms. The lowest BCUT2D eigenvalue weighted by atomic mass is 10.2. The molecule has 0 fully saturated rings. The molecule has 0 unspecified atom stereocenters. The molecule has 1 aliphatic heterocycles. The van der Waals surface area contributed by atoms with Gasteiger partial charge >= 0.3 is 5.97 Å². The molecule has 7 heteroatoms. The predicted octanol–water partition coefficient (Wildman–Crippen LogP) is 1.03. The van der Waals surface area contributed by atoms with E-state index in [2.05, 4.69) is 0 Å². The fraction of sp³-hybridized carbons (Fsp3) is 0.385. The molecule has 0 saturated carbocycles. The molecule has 0 saturated heterocycles. The van der Waals surface area contributed by atoms with Crippen LogP contribution < -0.4 is 0 Å². The molecular formula is C13H15NO5S. The topological polar surface area (TPSA) is 80.8 Å². The number of carbonyl (C=O) groups is 2. The van der Waals surface area contributed by atoms with Gasteiger partial charge in [0.15, 0.2) is 0 Å². The predicted molar refractivity (Wildman–Crippen MR) is 70.5 cm³/mol. The Labute approximate surface area is 117 Å². The molecule has 1 aromatic carbocycles. The quantitative estimate of drug-likeness (QED) is 0.775. The summed E-state index contributed by atoms with van der Waals surface area (Å²) in [4.78, 5) is 23.6. The van der Waals surface area contributed by atoms with E-state index >= 15 is 0 Å². The Morgan fingerprint density at radius 3 is 2.55 bits per heavy atom. The lowest BCUT2D eigenvalue weighted by molar-refractivity contribution is -0.144. The van der Waals surface area contributed by atoms with Crippen molar-refractivity contribution in [2.24, 2.45) is 5.92 Å². The number of rotatable bonds is 4. The number of nitrogens with zero attached hydrogens (tertiary/aromatic N) is 1. The molecule has 20 heavy (non-hydrogen) atoms. The zero-order valence-corrected chi connectivity index (χ0v) is 12.0. The molecule has 6 nitrogen and oxygen atoms in total. The maximum atomic E-state index is 12.2. The second kappa shape index (κ2) is 5.24. The minimum Gasteiger partial charge on any atom is -0.464 e. The Hall–Kier alpha value is -1.89. The van der Waals surface area contributed by atoms with E-state index < -0.39 is 28.4 Å². The zero-order chi connectivity index (χ0) is 14.9. The van der Waals surface area contributed by atoms with E-state index in [1.807, 2.05) is 13.8 Å². The van der Waals surface area contributed by atoms with Crippen molar-refractivity contribution in [3.63, 3.8) is 0 Å². The monoisotopic (exact) mass is 297 g/mol. The second-order valence-electron chi connectivity index (χ2n) is 4.89. The molecule has 0 N–H and O–H groups in total. The molecule has 0 aromatic heterocycles. The molecule has 0 atom stereocenters. The van der Waals surface area contributed by atoms with E-state index in [0.29, 0.717) is 4.31 Å². The Bertz CT molecular complexity index is 650. The van der Waals surface area contributed by atoms with Crippen LogP contribution in [0, 0.1) is 5.92 Å². The molecule has 0 radical (unpaired) electrons. The first kappa shape index (κ1) is 14.5. The van der Waals surface area contributed by atoms with Crippen molar-refractivity contribution in [1.29, 1.82) is 0 Å². The first-order valence-electron chi connectivity index (χ1n) is 6.15. The summed E-state index contributed by atoms with van der Waals surface area (Å²) in [5, 5.41) is 0. The van der Waals surface area contributed by atoms with Gasteiger partial charge in [0.2, 0.25) is 0 Å². The van der Waals surface area contributed by atoms with Crippen molar-refractivity contribution in [2.75, 3.05) is 13.2 Å². The first-order chi connectivity index (χ1) is 9.34. The molecule has 0 spiro atoms. The van der Waals surface area contributed by atoms with E-state index in [4.69, 9.17) is 4.74 Å². The van der Waals surface area contributed by atoms with Gasteiger partial charge in [0.25, 0.3) is 15.9 Å². The number of hydrogen-bond acceptors (Lipinski definition) is 5. The number of esters is 1. The van der Waals surface area contributed by atoms with Crippen LogP contribution in [0.4, 0.5) is 0 Å². The number of amides is 1. The third kappa shape index (κ3) is 2.53. The van der Waals surface area contributed by atoms with Crippen molar-refractivity contribution >= 4 is 21.9 Å². The van der Waals surface area contributed by atoms with Gasteiger partial charge in [0.1, 0.15) is 11.4 Å². The smallest absolute Gasteiger partial charge is 0.326 e. The highest BCUT2D eigenvalue weighted by molar-refractivity contribution is 7.90. The van der Waals surface area contributed by atoms with Gasteiger partial charge in [-0.15, -0.1) is 0 Å². The lowest BCUT2D eigenvalue weighted by Crippen LogP contribution is -2.36. The Balaban J connectivity index is 2.19. The van der Waals surface area contributed by atoms with E-state index in [1.54, 1.807) is 6.07 Å². The van der Waals surface area contributed by atoms with Crippen LogP contribution in [0.1, 0.15) is 24.2 Å². The Kier molecular flexibility index (Phi) is 3.80. The molecule has 1 aliphatic rings. The fourth-order valence-corrected chi connectivity index (χ4v) is 3.32. The summed E-state index contributed by atoms with van der Waals surface area (Å²) in [6.07, 6.45) is 0.